The van der Waals surface area contributed by atoms with Gasteiger partial charge < -0.3 is 18.6 Å². The smallest absolute Gasteiger partial charge is 0.238 e. The van der Waals surface area contributed by atoms with Crippen LogP contribution in [0.25, 0.3) is 11.6 Å². The Labute approximate surface area is 171 Å². The second-order valence-corrected chi connectivity index (χ2v) is 7.28. The molecular weight excluding hydrogens is 390 g/mol. The van der Waals surface area contributed by atoms with E-state index in [1.54, 1.807) is 41.7 Å². The quantitative estimate of drug-likeness (QED) is 0.424. The van der Waals surface area contributed by atoms with Crippen molar-refractivity contribution in [2.45, 2.75) is 19.4 Å². The lowest BCUT2D eigenvalue weighted by Gasteiger charge is -2.22. The first-order valence-corrected chi connectivity index (χ1v) is 9.94. The molecule has 3 aromatic heterocycles. The molecule has 0 fully saturated rings. The number of benzene rings is 1. The second-order valence-electron chi connectivity index (χ2n) is 6.25. The molecule has 0 atom stereocenters. The van der Waals surface area contributed by atoms with Crippen molar-refractivity contribution in [3.63, 3.8) is 0 Å². The highest BCUT2D eigenvalue weighted by molar-refractivity contribution is 7.09. The van der Waals surface area contributed by atoms with Gasteiger partial charge in [0.1, 0.15) is 5.75 Å². The lowest BCUT2D eigenvalue weighted by molar-refractivity contribution is -0.118. The number of anilines is 1. The second kappa shape index (κ2) is 8.74. The SMILES string of the molecule is COc1ccc(N(Cc2cccs2)C(=O)CCc2nc(-c3ccco3)no2)cc1. The maximum Gasteiger partial charge on any atom is 0.238 e. The number of carbonyl (C=O) groups is 1. The molecule has 3 heterocycles. The molecule has 148 valence electrons. The third kappa shape index (κ3) is 4.55. The van der Waals surface area contributed by atoms with E-state index in [4.69, 9.17) is 13.7 Å². The molecule has 7 nitrogen and oxygen atoms in total. The number of carbonyl (C=O) groups excluding carboxylic acids is 1. The zero-order chi connectivity index (χ0) is 20.1. The summed E-state index contributed by atoms with van der Waals surface area (Å²) in [6.07, 6.45) is 2.15. The highest BCUT2D eigenvalue weighted by atomic mass is 32.1. The van der Waals surface area contributed by atoms with Crippen LogP contribution in [0.1, 0.15) is 17.2 Å². The Balaban J connectivity index is 1.47. The summed E-state index contributed by atoms with van der Waals surface area (Å²) in [5, 5.41) is 5.90. The van der Waals surface area contributed by atoms with Gasteiger partial charge in [0.15, 0.2) is 5.76 Å². The van der Waals surface area contributed by atoms with Gasteiger partial charge in [-0.3, -0.25) is 4.79 Å². The molecule has 0 saturated carbocycles. The van der Waals surface area contributed by atoms with Crippen LogP contribution < -0.4 is 9.64 Å². The lowest BCUT2D eigenvalue weighted by Crippen LogP contribution is -2.30. The number of aryl methyl sites for hydroxylation is 1. The summed E-state index contributed by atoms with van der Waals surface area (Å²) in [7, 11) is 1.62. The van der Waals surface area contributed by atoms with E-state index < -0.39 is 0 Å². The standard InChI is InChI=1S/C21H19N3O4S/c1-26-16-8-6-15(7-9-16)24(14-17-4-3-13-29-17)20(25)11-10-19-22-21(23-28-19)18-5-2-12-27-18/h2-9,12-13H,10-11,14H2,1H3. The van der Waals surface area contributed by atoms with Gasteiger partial charge in [-0.1, -0.05) is 11.2 Å². The molecule has 29 heavy (non-hydrogen) atoms. The van der Waals surface area contributed by atoms with E-state index in [9.17, 15) is 4.79 Å². The molecule has 0 aliphatic carbocycles. The van der Waals surface area contributed by atoms with Crippen LogP contribution >= 0.6 is 11.3 Å². The fourth-order valence-electron chi connectivity index (χ4n) is 2.86. The van der Waals surface area contributed by atoms with Crippen molar-refractivity contribution >= 4 is 22.9 Å². The number of hydrogen-bond donors (Lipinski definition) is 0. The molecule has 1 amide bonds. The highest BCUT2D eigenvalue weighted by Crippen LogP contribution is 2.24. The number of amides is 1. The van der Waals surface area contributed by atoms with Crippen molar-refractivity contribution in [3.8, 4) is 17.3 Å². The number of thiophene rings is 1. The zero-order valence-corrected chi connectivity index (χ0v) is 16.6. The third-order valence-electron chi connectivity index (χ3n) is 4.34. The number of methoxy groups -OCH3 is 1. The number of rotatable bonds is 8. The van der Waals surface area contributed by atoms with E-state index in [-0.39, 0.29) is 12.3 Å². The lowest BCUT2D eigenvalue weighted by atomic mass is 10.2. The first kappa shape index (κ1) is 18.9. The molecule has 0 aliphatic rings. The van der Waals surface area contributed by atoms with Crippen molar-refractivity contribution < 1.29 is 18.5 Å². The molecular formula is C21H19N3O4S. The number of ether oxygens (including phenoxy) is 1. The largest absolute Gasteiger partial charge is 0.497 e. The normalized spacial score (nSPS) is 10.8. The number of aromatic nitrogens is 2. The van der Waals surface area contributed by atoms with Crippen molar-refractivity contribution in [3.05, 3.63) is 70.9 Å². The van der Waals surface area contributed by atoms with Crippen LogP contribution in [0.3, 0.4) is 0 Å². The molecule has 0 spiro atoms. The summed E-state index contributed by atoms with van der Waals surface area (Å²) in [4.78, 5) is 20.2. The van der Waals surface area contributed by atoms with Gasteiger partial charge in [0, 0.05) is 23.4 Å². The van der Waals surface area contributed by atoms with Gasteiger partial charge in [0.2, 0.25) is 17.6 Å². The Morgan fingerprint density at radius 1 is 1.17 bits per heavy atom. The Morgan fingerprint density at radius 3 is 2.72 bits per heavy atom. The molecule has 0 aliphatic heterocycles. The topological polar surface area (TPSA) is 81.6 Å². The molecule has 1 aromatic carbocycles. The van der Waals surface area contributed by atoms with Gasteiger partial charge in [-0.15, -0.1) is 11.3 Å². The Morgan fingerprint density at radius 2 is 2.03 bits per heavy atom. The zero-order valence-electron chi connectivity index (χ0n) is 15.8. The molecule has 4 aromatic rings. The molecule has 8 heteroatoms. The average molecular weight is 409 g/mol. The minimum Gasteiger partial charge on any atom is -0.497 e. The van der Waals surface area contributed by atoms with E-state index in [1.165, 1.54) is 0 Å². The molecule has 4 rings (SSSR count). The summed E-state index contributed by atoms with van der Waals surface area (Å²) in [5.74, 6) is 2.03. The third-order valence-corrected chi connectivity index (χ3v) is 5.20. The maximum absolute atomic E-state index is 13.0. The Kier molecular flexibility index (Phi) is 5.71. The van der Waals surface area contributed by atoms with Gasteiger partial charge in [-0.2, -0.15) is 4.98 Å². The van der Waals surface area contributed by atoms with Crippen LogP contribution in [-0.4, -0.2) is 23.2 Å². The number of hydrogen-bond acceptors (Lipinski definition) is 7. The monoisotopic (exact) mass is 409 g/mol. The van der Waals surface area contributed by atoms with E-state index in [0.717, 1.165) is 16.3 Å². The molecule has 0 N–H and O–H groups in total. The summed E-state index contributed by atoms with van der Waals surface area (Å²) < 4.78 is 15.7. The van der Waals surface area contributed by atoms with Crippen LogP contribution in [0.4, 0.5) is 5.69 Å². The highest BCUT2D eigenvalue weighted by Gasteiger charge is 2.19. The minimum atomic E-state index is -0.0266. The predicted molar refractivity (Wildman–Crippen MR) is 109 cm³/mol. The molecule has 0 bridgehead atoms. The molecule has 0 saturated heterocycles. The van der Waals surface area contributed by atoms with Gasteiger partial charge in [0.25, 0.3) is 0 Å². The van der Waals surface area contributed by atoms with Crippen molar-refractivity contribution in [2.75, 3.05) is 12.0 Å². The number of nitrogens with zero attached hydrogens (tertiary/aromatic N) is 3. The minimum absolute atomic E-state index is 0.0266. The predicted octanol–water partition coefficient (Wildman–Crippen LogP) is 4.57. The summed E-state index contributed by atoms with van der Waals surface area (Å²) in [5.41, 5.74) is 0.811. The van der Waals surface area contributed by atoms with Crippen LogP contribution in [0, 0.1) is 0 Å². The first-order valence-electron chi connectivity index (χ1n) is 9.06. The van der Waals surface area contributed by atoms with E-state index in [2.05, 4.69) is 10.1 Å². The molecule has 0 radical (unpaired) electrons. The first-order chi connectivity index (χ1) is 14.2. The molecule has 0 unspecified atom stereocenters. The Bertz CT molecular complexity index is 1040. The maximum atomic E-state index is 13.0. The summed E-state index contributed by atoms with van der Waals surface area (Å²) >= 11 is 1.62. The fraction of sp³-hybridized carbons (Fsp3) is 0.190. The fourth-order valence-corrected chi connectivity index (χ4v) is 3.55. The van der Waals surface area contributed by atoms with Crippen LogP contribution in [0.5, 0.6) is 5.75 Å². The number of furan rings is 1. The average Bonchev–Trinajstić information content (AvgIpc) is 3.52. The van der Waals surface area contributed by atoms with Gasteiger partial charge in [-0.25, -0.2) is 0 Å². The van der Waals surface area contributed by atoms with Gasteiger partial charge in [-0.05, 0) is 47.8 Å². The van der Waals surface area contributed by atoms with Crippen LogP contribution in [0.15, 0.2) is 69.1 Å². The summed E-state index contributed by atoms with van der Waals surface area (Å²) in [6.45, 7) is 0.504. The van der Waals surface area contributed by atoms with Crippen LogP contribution in [-0.2, 0) is 17.8 Å². The van der Waals surface area contributed by atoms with Crippen LogP contribution in [0.2, 0.25) is 0 Å². The van der Waals surface area contributed by atoms with E-state index in [0.29, 0.717) is 30.4 Å². The van der Waals surface area contributed by atoms with Crippen molar-refractivity contribution in [1.82, 2.24) is 10.1 Å². The van der Waals surface area contributed by atoms with Crippen molar-refractivity contribution in [2.24, 2.45) is 0 Å². The van der Waals surface area contributed by atoms with E-state index in [1.807, 2.05) is 41.8 Å². The van der Waals surface area contributed by atoms with Gasteiger partial charge in [0.05, 0.1) is 19.9 Å². The van der Waals surface area contributed by atoms with E-state index >= 15 is 0 Å². The summed E-state index contributed by atoms with van der Waals surface area (Å²) in [6, 6.07) is 15.0. The Hall–Kier alpha value is -3.39. The van der Waals surface area contributed by atoms with Gasteiger partial charge >= 0.3 is 0 Å². The van der Waals surface area contributed by atoms with Crippen molar-refractivity contribution in [1.29, 1.82) is 0 Å².